The summed E-state index contributed by atoms with van der Waals surface area (Å²) in [4.78, 5) is 13.7. The fourth-order valence-corrected chi connectivity index (χ4v) is 3.17. The summed E-state index contributed by atoms with van der Waals surface area (Å²) in [6, 6.07) is 26.6. The number of nitrogens with zero attached hydrogens (tertiary/aromatic N) is 1. The third-order valence-electron chi connectivity index (χ3n) is 4.26. The maximum absolute atomic E-state index is 11.4. The second kappa shape index (κ2) is 9.20. The van der Waals surface area contributed by atoms with Crippen molar-refractivity contribution in [2.24, 2.45) is 0 Å². The van der Waals surface area contributed by atoms with Gasteiger partial charge in [0, 0.05) is 23.8 Å². The Morgan fingerprint density at radius 1 is 0.889 bits per heavy atom. The Labute approximate surface area is 165 Å². The SMILES string of the molecule is CC(=O)/C=C/c1cc(Cl)ccc1N(Cc1ccccc1)Cc1ccccc1. The molecule has 0 bridgehead atoms. The van der Waals surface area contributed by atoms with Gasteiger partial charge in [-0.1, -0.05) is 72.3 Å². The molecule has 0 aliphatic rings. The number of rotatable bonds is 7. The van der Waals surface area contributed by atoms with E-state index >= 15 is 0 Å². The normalized spacial score (nSPS) is 10.9. The molecule has 0 amide bonds. The van der Waals surface area contributed by atoms with Crippen LogP contribution in [0.4, 0.5) is 5.69 Å². The number of hydrogen-bond donors (Lipinski definition) is 0. The van der Waals surface area contributed by atoms with Crippen LogP contribution in [0.15, 0.2) is 84.9 Å². The molecule has 3 aromatic carbocycles. The maximum Gasteiger partial charge on any atom is 0.152 e. The number of allylic oxidation sites excluding steroid dienone is 1. The highest BCUT2D eigenvalue weighted by molar-refractivity contribution is 6.30. The highest BCUT2D eigenvalue weighted by atomic mass is 35.5. The first-order valence-corrected chi connectivity index (χ1v) is 9.30. The van der Waals surface area contributed by atoms with E-state index in [-0.39, 0.29) is 5.78 Å². The molecule has 0 atom stereocenters. The molecule has 27 heavy (non-hydrogen) atoms. The predicted octanol–water partition coefficient (Wildman–Crippen LogP) is 6.15. The number of benzene rings is 3. The molecule has 136 valence electrons. The molecule has 0 radical (unpaired) electrons. The van der Waals surface area contributed by atoms with Crippen LogP contribution >= 0.6 is 11.6 Å². The van der Waals surface area contributed by atoms with Gasteiger partial charge in [0.05, 0.1) is 0 Å². The summed E-state index contributed by atoms with van der Waals surface area (Å²) in [5, 5.41) is 0.654. The molecule has 3 rings (SSSR count). The summed E-state index contributed by atoms with van der Waals surface area (Å²) in [6.45, 7) is 3.07. The molecule has 0 saturated carbocycles. The quantitative estimate of drug-likeness (QED) is 0.461. The third-order valence-corrected chi connectivity index (χ3v) is 4.50. The van der Waals surface area contributed by atoms with E-state index in [0.717, 1.165) is 24.3 Å². The molecule has 0 saturated heterocycles. The van der Waals surface area contributed by atoms with Crippen LogP contribution in [0.25, 0.3) is 6.08 Å². The zero-order valence-corrected chi connectivity index (χ0v) is 16.1. The topological polar surface area (TPSA) is 20.3 Å². The fourth-order valence-electron chi connectivity index (χ4n) is 2.99. The Balaban J connectivity index is 2.00. The predicted molar refractivity (Wildman–Crippen MR) is 114 cm³/mol. The molecular formula is C24H22ClNO. The number of carbonyl (C=O) groups is 1. The third kappa shape index (κ3) is 5.57. The molecule has 0 aromatic heterocycles. The van der Waals surface area contributed by atoms with Gasteiger partial charge in [0.2, 0.25) is 0 Å². The van der Waals surface area contributed by atoms with Crippen molar-refractivity contribution in [1.82, 2.24) is 0 Å². The highest BCUT2D eigenvalue weighted by Crippen LogP contribution is 2.28. The minimum Gasteiger partial charge on any atom is -0.362 e. The van der Waals surface area contributed by atoms with E-state index in [9.17, 15) is 4.79 Å². The summed E-state index contributed by atoms with van der Waals surface area (Å²) < 4.78 is 0. The zero-order chi connectivity index (χ0) is 19.1. The number of carbonyl (C=O) groups excluding carboxylic acids is 1. The van der Waals surface area contributed by atoms with Crippen molar-refractivity contribution in [3.63, 3.8) is 0 Å². The van der Waals surface area contributed by atoms with Gasteiger partial charge in [-0.25, -0.2) is 0 Å². The van der Waals surface area contributed by atoms with E-state index in [1.807, 2.05) is 36.4 Å². The minimum absolute atomic E-state index is 0.0126. The molecule has 0 spiro atoms. The highest BCUT2D eigenvalue weighted by Gasteiger charge is 2.12. The summed E-state index contributed by atoms with van der Waals surface area (Å²) >= 11 is 6.22. The Kier molecular flexibility index (Phi) is 6.45. The van der Waals surface area contributed by atoms with Crippen LogP contribution in [0.3, 0.4) is 0 Å². The van der Waals surface area contributed by atoms with Gasteiger partial charge in [-0.15, -0.1) is 0 Å². The van der Waals surface area contributed by atoms with E-state index < -0.39 is 0 Å². The van der Waals surface area contributed by atoms with Gasteiger partial charge in [-0.05, 0) is 54.0 Å². The molecule has 0 N–H and O–H groups in total. The lowest BCUT2D eigenvalue weighted by Gasteiger charge is -2.27. The first-order valence-electron chi connectivity index (χ1n) is 8.93. The average Bonchev–Trinajstić information content (AvgIpc) is 2.67. The van der Waals surface area contributed by atoms with Crippen LogP contribution in [0.1, 0.15) is 23.6 Å². The first kappa shape index (κ1) is 18.9. The van der Waals surface area contributed by atoms with Gasteiger partial charge in [-0.3, -0.25) is 4.79 Å². The minimum atomic E-state index is 0.0126. The maximum atomic E-state index is 11.4. The van der Waals surface area contributed by atoms with Gasteiger partial charge >= 0.3 is 0 Å². The van der Waals surface area contributed by atoms with Gasteiger partial charge < -0.3 is 4.90 Å². The largest absolute Gasteiger partial charge is 0.362 e. The lowest BCUT2D eigenvalue weighted by Crippen LogP contribution is -2.23. The van der Waals surface area contributed by atoms with Crippen molar-refractivity contribution in [1.29, 1.82) is 0 Å². The van der Waals surface area contributed by atoms with E-state index in [1.54, 1.807) is 13.0 Å². The Hall–Kier alpha value is -2.84. The van der Waals surface area contributed by atoms with Crippen LogP contribution in [-0.2, 0) is 17.9 Å². The van der Waals surface area contributed by atoms with Crippen molar-refractivity contribution < 1.29 is 4.79 Å². The molecule has 2 nitrogen and oxygen atoms in total. The number of anilines is 1. The molecule has 3 heteroatoms. The molecule has 0 aliphatic heterocycles. The van der Waals surface area contributed by atoms with Crippen molar-refractivity contribution in [3.05, 3.63) is 107 Å². The van der Waals surface area contributed by atoms with Crippen LogP contribution in [-0.4, -0.2) is 5.78 Å². The van der Waals surface area contributed by atoms with Gasteiger partial charge in [0.15, 0.2) is 5.78 Å². The number of hydrogen-bond acceptors (Lipinski definition) is 2. The van der Waals surface area contributed by atoms with Crippen LogP contribution < -0.4 is 4.90 Å². The van der Waals surface area contributed by atoms with Crippen molar-refractivity contribution in [2.45, 2.75) is 20.0 Å². The zero-order valence-electron chi connectivity index (χ0n) is 15.3. The summed E-state index contributed by atoms with van der Waals surface area (Å²) in [7, 11) is 0. The van der Waals surface area contributed by atoms with E-state index in [2.05, 4.69) is 53.4 Å². The van der Waals surface area contributed by atoms with Crippen LogP contribution in [0.5, 0.6) is 0 Å². The molecule has 0 aliphatic carbocycles. The first-order chi connectivity index (χ1) is 13.1. The molecule has 0 fully saturated rings. The van der Waals surface area contributed by atoms with E-state index in [1.165, 1.54) is 11.1 Å². The van der Waals surface area contributed by atoms with Gasteiger partial charge in [0.25, 0.3) is 0 Å². The van der Waals surface area contributed by atoms with Crippen molar-refractivity contribution in [2.75, 3.05) is 4.90 Å². The van der Waals surface area contributed by atoms with E-state index in [0.29, 0.717) is 5.02 Å². The molecule has 0 heterocycles. The lowest BCUT2D eigenvalue weighted by molar-refractivity contribution is -0.112. The Bertz CT molecular complexity index is 878. The average molecular weight is 376 g/mol. The van der Waals surface area contributed by atoms with Crippen molar-refractivity contribution >= 4 is 29.1 Å². The number of ketones is 1. The summed E-state index contributed by atoms with van der Waals surface area (Å²) in [5.41, 5.74) is 4.43. The van der Waals surface area contributed by atoms with E-state index in [4.69, 9.17) is 11.6 Å². The smallest absolute Gasteiger partial charge is 0.152 e. The summed E-state index contributed by atoms with van der Waals surface area (Å²) in [5.74, 6) is 0.0126. The van der Waals surface area contributed by atoms with Gasteiger partial charge in [-0.2, -0.15) is 0 Å². The van der Waals surface area contributed by atoms with Crippen molar-refractivity contribution in [3.8, 4) is 0 Å². The van der Waals surface area contributed by atoms with Gasteiger partial charge in [0.1, 0.15) is 0 Å². The summed E-state index contributed by atoms with van der Waals surface area (Å²) in [6.07, 6.45) is 3.42. The lowest BCUT2D eigenvalue weighted by atomic mass is 10.1. The molecule has 0 unspecified atom stereocenters. The Morgan fingerprint density at radius 3 is 1.96 bits per heavy atom. The molecule has 3 aromatic rings. The Morgan fingerprint density at radius 2 is 1.44 bits per heavy atom. The second-order valence-electron chi connectivity index (χ2n) is 6.47. The van der Waals surface area contributed by atoms with Crippen LogP contribution in [0.2, 0.25) is 5.02 Å². The molecular weight excluding hydrogens is 354 g/mol. The monoisotopic (exact) mass is 375 g/mol. The standard InChI is InChI=1S/C24H22ClNO/c1-19(27)12-13-22-16-23(25)14-15-24(22)26(17-20-8-4-2-5-9-20)18-21-10-6-3-7-11-21/h2-16H,17-18H2,1H3/b13-12+. The van der Waals surface area contributed by atoms with Crippen LogP contribution in [0, 0.1) is 0 Å². The number of halogens is 1. The fraction of sp³-hybridized carbons (Fsp3) is 0.125. The second-order valence-corrected chi connectivity index (χ2v) is 6.91.